The van der Waals surface area contributed by atoms with Gasteiger partial charge in [-0.15, -0.1) is 0 Å². The Morgan fingerprint density at radius 3 is 2.88 bits per heavy atom. The highest BCUT2D eigenvalue weighted by Gasteiger charge is 2.26. The first-order chi connectivity index (χ1) is 20.1. The summed E-state index contributed by atoms with van der Waals surface area (Å²) in [5.41, 5.74) is 6.19. The number of nitrogens with zero attached hydrogens (tertiary/aromatic N) is 7. The molecule has 0 bridgehead atoms. The Balaban J connectivity index is 1.07. The van der Waals surface area contributed by atoms with Gasteiger partial charge in [0.25, 0.3) is 5.91 Å². The molecule has 5 heterocycles. The lowest BCUT2D eigenvalue weighted by molar-refractivity contribution is 0.102. The second-order valence-electron chi connectivity index (χ2n) is 10.5. The van der Waals surface area contributed by atoms with E-state index in [1.807, 2.05) is 28.9 Å². The number of carbonyl (C=O) groups is 1. The van der Waals surface area contributed by atoms with Crippen molar-refractivity contribution in [2.75, 3.05) is 18.4 Å². The standard InChI is InChI=1S/C30H30N8O2S/c1-20-7-9-22(10-8-20)38-28(33-30(39)24-18-32-37-14-4-13-31-29(24)37)17-25(34-38)21-11-15-36(16-12-21)41-19-26-23-5-2-3-6-27(23)40-35-26/h2-7,9,13-14,17-18,21H,8,10-12,15-16,19H2,1H3,(H,33,39). The second-order valence-corrected chi connectivity index (χ2v) is 11.6. The summed E-state index contributed by atoms with van der Waals surface area (Å²) in [5, 5.41) is 17.8. The van der Waals surface area contributed by atoms with Crippen LogP contribution in [0, 0.1) is 0 Å². The van der Waals surface area contributed by atoms with Crippen LogP contribution in [0.25, 0.3) is 22.3 Å². The molecule has 208 valence electrons. The monoisotopic (exact) mass is 566 g/mol. The molecule has 0 radical (unpaired) electrons. The van der Waals surface area contributed by atoms with Crippen molar-refractivity contribution in [2.45, 2.75) is 44.3 Å². The highest BCUT2D eigenvalue weighted by Crippen LogP contribution is 2.35. The molecule has 10 nitrogen and oxygen atoms in total. The van der Waals surface area contributed by atoms with Gasteiger partial charge in [0.05, 0.1) is 17.6 Å². The summed E-state index contributed by atoms with van der Waals surface area (Å²) >= 11 is 1.81. The average molecular weight is 567 g/mol. The van der Waals surface area contributed by atoms with Crippen molar-refractivity contribution >= 4 is 46.0 Å². The zero-order valence-electron chi connectivity index (χ0n) is 22.7. The molecule has 0 atom stereocenters. The number of para-hydroxylation sites is 1. The third-order valence-corrected chi connectivity index (χ3v) is 8.94. The van der Waals surface area contributed by atoms with Gasteiger partial charge in [-0.2, -0.15) is 10.2 Å². The van der Waals surface area contributed by atoms with Gasteiger partial charge < -0.3 is 9.84 Å². The van der Waals surface area contributed by atoms with E-state index in [-0.39, 0.29) is 5.91 Å². The van der Waals surface area contributed by atoms with Crippen LogP contribution in [0.5, 0.6) is 0 Å². The first-order valence-electron chi connectivity index (χ1n) is 13.9. The lowest BCUT2D eigenvalue weighted by atomic mass is 9.95. The van der Waals surface area contributed by atoms with Gasteiger partial charge in [0.2, 0.25) is 0 Å². The molecule has 7 rings (SSSR count). The minimum absolute atomic E-state index is 0.249. The Labute approximate surface area is 241 Å². The molecule has 41 heavy (non-hydrogen) atoms. The number of fused-ring (bicyclic) bond motifs is 2. The molecule has 1 aliphatic heterocycles. The van der Waals surface area contributed by atoms with E-state index in [4.69, 9.17) is 9.62 Å². The Kier molecular flexibility index (Phi) is 6.89. The van der Waals surface area contributed by atoms with E-state index in [1.54, 1.807) is 41.1 Å². The molecule has 1 aliphatic carbocycles. The van der Waals surface area contributed by atoms with Crippen molar-refractivity contribution in [3.05, 3.63) is 89.7 Å². The number of nitrogens with one attached hydrogen (secondary N) is 1. The van der Waals surface area contributed by atoms with Crippen molar-refractivity contribution in [1.29, 1.82) is 0 Å². The number of anilines is 1. The van der Waals surface area contributed by atoms with Crippen LogP contribution in [0.1, 0.15) is 60.3 Å². The Morgan fingerprint density at radius 2 is 2.02 bits per heavy atom. The predicted molar refractivity (Wildman–Crippen MR) is 159 cm³/mol. The van der Waals surface area contributed by atoms with Gasteiger partial charge in [-0.1, -0.05) is 40.9 Å². The van der Waals surface area contributed by atoms with E-state index in [2.05, 4.69) is 50.0 Å². The summed E-state index contributed by atoms with van der Waals surface area (Å²) in [6.07, 6.45) is 13.1. The number of amides is 1. The number of piperidine rings is 1. The molecule has 1 amide bonds. The quantitative estimate of drug-likeness (QED) is 0.242. The normalized spacial score (nSPS) is 16.7. The van der Waals surface area contributed by atoms with Crippen LogP contribution in [0.4, 0.5) is 5.82 Å². The van der Waals surface area contributed by atoms with Crippen molar-refractivity contribution in [3.63, 3.8) is 0 Å². The number of aromatic nitrogens is 6. The van der Waals surface area contributed by atoms with Crippen LogP contribution < -0.4 is 5.32 Å². The van der Waals surface area contributed by atoms with Crippen LogP contribution in [-0.2, 0) is 5.75 Å². The molecule has 5 aromatic rings. The first-order valence-corrected chi connectivity index (χ1v) is 14.8. The maximum Gasteiger partial charge on any atom is 0.262 e. The third kappa shape index (κ3) is 5.18. The smallest absolute Gasteiger partial charge is 0.262 e. The summed E-state index contributed by atoms with van der Waals surface area (Å²) in [4.78, 5) is 17.7. The van der Waals surface area contributed by atoms with Crippen LogP contribution in [0.2, 0.25) is 0 Å². The zero-order chi connectivity index (χ0) is 27.8. The van der Waals surface area contributed by atoms with Crippen LogP contribution in [0.3, 0.4) is 0 Å². The Morgan fingerprint density at radius 1 is 1.15 bits per heavy atom. The summed E-state index contributed by atoms with van der Waals surface area (Å²) in [7, 11) is 0. The number of carbonyl (C=O) groups excluding carboxylic acids is 1. The summed E-state index contributed by atoms with van der Waals surface area (Å²) in [5.74, 6) is 1.53. The molecule has 1 fully saturated rings. The second kappa shape index (κ2) is 11.0. The minimum Gasteiger partial charge on any atom is -0.356 e. The molecule has 0 spiro atoms. The summed E-state index contributed by atoms with van der Waals surface area (Å²) in [6, 6.07) is 11.8. The molecular weight excluding hydrogens is 536 g/mol. The zero-order valence-corrected chi connectivity index (χ0v) is 23.5. The van der Waals surface area contributed by atoms with Gasteiger partial charge in [-0.05, 0) is 56.9 Å². The molecule has 0 unspecified atom stereocenters. The third-order valence-electron chi connectivity index (χ3n) is 7.81. The van der Waals surface area contributed by atoms with E-state index in [1.165, 1.54) is 5.57 Å². The van der Waals surface area contributed by atoms with Crippen LogP contribution in [-0.4, -0.2) is 52.8 Å². The highest BCUT2D eigenvalue weighted by atomic mass is 32.2. The van der Waals surface area contributed by atoms with Crippen molar-refractivity contribution in [3.8, 4) is 0 Å². The maximum absolute atomic E-state index is 13.4. The van der Waals surface area contributed by atoms with E-state index in [0.717, 1.165) is 72.6 Å². The fourth-order valence-electron chi connectivity index (χ4n) is 5.46. The summed E-state index contributed by atoms with van der Waals surface area (Å²) in [6.45, 7) is 4.05. The molecule has 2 aliphatic rings. The van der Waals surface area contributed by atoms with E-state index in [0.29, 0.717) is 22.9 Å². The van der Waals surface area contributed by atoms with Crippen molar-refractivity contribution < 1.29 is 9.32 Å². The Bertz CT molecular complexity index is 1790. The van der Waals surface area contributed by atoms with Crippen LogP contribution in [0.15, 0.2) is 77.2 Å². The van der Waals surface area contributed by atoms with Gasteiger partial charge in [-0.3, -0.25) is 9.10 Å². The van der Waals surface area contributed by atoms with Gasteiger partial charge in [0, 0.05) is 48.6 Å². The van der Waals surface area contributed by atoms with Crippen molar-refractivity contribution in [1.82, 2.24) is 33.8 Å². The molecule has 1 aromatic carbocycles. The first kappa shape index (κ1) is 25.7. The average Bonchev–Trinajstić information content (AvgIpc) is 3.74. The van der Waals surface area contributed by atoms with Gasteiger partial charge in [0.1, 0.15) is 17.1 Å². The molecule has 1 saturated heterocycles. The number of hydrogen-bond acceptors (Lipinski definition) is 8. The number of benzene rings is 1. The lowest BCUT2D eigenvalue weighted by Gasteiger charge is -2.29. The largest absolute Gasteiger partial charge is 0.356 e. The van der Waals surface area contributed by atoms with Crippen LogP contribution >= 0.6 is 11.9 Å². The van der Waals surface area contributed by atoms with E-state index in [9.17, 15) is 4.79 Å². The number of rotatable bonds is 7. The summed E-state index contributed by atoms with van der Waals surface area (Å²) < 4.78 is 11.4. The highest BCUT2D eigenvalue weighted by molar-refractivity contribution is 7.96. The fraction of sp³-hybridized carbons (Fsp3) is 0.300. The van der Waals surface area contributed by atoms with Gasteiger partial charge >= 0.3 is 0 Å². The lowest BCUT2D eigenvalue weighted by Crippen LogP contribution is -2.28. The minimum atomic E-state index is -0.249. The van der Waals surface area contributed by atoms with E-state index < -0.39 is 0 Å². The topological polar surface area (TPSA) is 106 Å². The molecular formula is C30H30N8O2S. The Hall–Kier alpha value is -4.22. The SMILES string of the molecule is CC1=CC=C(n2nc(C3CCN(SCc4noc5ccccc45)CC3)cc2NC(=O)c2cnn3cccnc23)CC1. The van der Waals surface area contributed by atoms with Gasteiger partial charge in [0.15, 0.2) is 11.2 Å². The molecule has 1 N–H and O–H groups in total. The number of allylic oxidation sites excluding steroid dienone is 4. The predicted octanol–water partition coefficient (Wildman–Crippen LogP) is 5.93. The molecule has 11 heteroatoms. The maximum atomic E-state index is 13.4. The van der Waals surface area contributed by atoms with Crippen molar-refractivity contribution in [2.24, 2.45) is 0 Å². The van der Waals surface area contributed by atoms with Gasteiger partial charge in [-0.25, -0.2) is 14.2 Å². The van der Waals surface area contributed by atoms with E-state index >= 15 is 0 Å². The fourth-order valence-corrected chi connectivity index (χ4v) is 6.44. The number of hydrogen-bond donors (Lipinski definition) is 1. The molecule has 0 saturated carbocycles. The molecule has 4 aromatic heterocycles.